The number of aliphatic carboxylic acids is 1. The first-order valence-electron chi connectivity index (χ1n) is 6.14. The predicted octanol–water partition coefficient (Wildman–Crippen LogP) is 0.978. The lowest BCUT2D eigenvalue weighted by Crippen LogP contribution is -2.43. The van der Waals surface area contributed by atoms with Gasteiger partial charge in [0.05, 0.1) is 0 Å². The van der Waals surface area contributed by atoms with Gasteiger partial charge >= 0.3 is 5.97 Å². The third-order valence-corrected chi connectivity index (χ3v) is 4.46. The van der Waals surface area contributed by atoms with Crippen LogP contribution in [0.1, 0.15) is 26.2 Å². The zero-order chi connectivity index (χ0) is 13.3. The molecule has 1 saturated carbocycles. The number of carbonyl (C=O) groups is 3. The number of carboxylic acids is 1. The van der Waals surface area contributed by atoms with E-state index >= 15 is 0 Å². The molecule has 5 nitrogen and oxygen atoms in total. The maximum absolute atomic E-state index is 11.9. The van der Waals surface area contributed by atoms with Gasteiger partial charge in [-0.25, -0.2) is 4.79 Å². The number of carbonyl (C=O) groups excluding carboxylic acids is 2. The van der Waals surface area contributed by atoms with Gasteiger partial charge in [0.2, 0.25) is 5.91 Å². The first-order valence-corrected chi connectivity index (χ1v) is 7.13. The molecule has 0 spiro atoms. The van der Waals surface area contributed by atoms with Crippen LogP contribution in [0.2, 0.25) is 0 Å². The SMILES string of the molecule is CC(=O)SCC1CC(=O)N(C(C(=O)O)C2CC2)C1. The highest BCUT2D eigenvalue weighted by Crippen LogP contribution is 2.38. The first-order chi connectivity index (χ1) is 8.49. The molecular weight excluding hydrogens is 254 g/mol. The number of hydrogen-bond acceptors (Lipinski definition) is 4. The van der Waals surface area contributed by atoms with Gasteiger partial charge in [0.15, 0.2) is 5.12 Å². The van der Waals surface area contributed by atoms with Gasteiger partial charge in [0, 0.05) is 25.6 Å². The number of rotatable bonds is 5. The molecule has 1 amide bonds. The van der Waals surface area contributed by atoms with Crippen molar-refractivity contribution in [2.75, 3.05) is 12.3 Å². The Morgan fingerprint density at radius 3 is 2.67 bits per heavy atom. The molecule has 6 heteroatoms. The number of carboxylic acid groups (broad SMARTS) is 1. The summed E-state index contributed by atoms with van der Waals surface area (Å²) in [4.78, 5) is 35.5. The van der Waals surface area contributed by atoms with E-state index in [9.17, 15) is 19.5 Å². The van der Waals surface area contributed by atoms with Gasteiger partial charge in [-0.15, -0.1) is 0 Å². The highest BCUT2D eigenvalue weighted by molar-refractivity contribution is 8.13. The molecule has 1 aliphatic carbocycles. The highest BCUT2D eigenvalue weighted by atomic mass is 32.2. The van der Waals surface area contributed by atoms with E-state index in [-0.39, 0.29) is 22.9 Å². The summed E-state index contributed by atoms with van der Waals surface area (Å²) in [6.45, 7) is 1.98. The van der Waals surface area contributed by atoms with Gasteiger partial charge in [-0.1, -0.05) is 11.8 Å². The Bertz CT molecular complexity index is 380. The minimum Gasteiger partial charge on any atom is -0.480 e. The second-order valence-electron chi connectivity index (χ2n) is 5.04. The van der Waals surface area contributed by atoms with Crippen LogP contribution in [-0.2, 0) is 14.4 Å². The van der Waals surface area contributed by atoms with E-state index in [1.165, 1.54) is 23.6 Å². The lowest BCUT2D eigenvalue weighted by Gasteiger charge is -2.24. The van der Waals surface area contributed by atoms with Gasteiger partial charge in [-0.3, -0.25) is 9.59 Å². The highest BCUT2D eigenvalue weighted by Gasteiger charge is 2.45. The molecule has 0 bridgehead atoms. The average molecular weight is 271 g/mol. The minimum absolute atomic E-state index is 0.0397. The van der Waals surface area contributed by atoms with Gasteiger partial charge in [0.1, 0.15) is 6.04 Å². The fourth-order valence-corrected chi connectivity index (χ4v) is 3.12. The fraction of sp³-hybridized carbons (Fsp3) is 0.750. The quantitative estimate of drug-likeness (QED) is 0.806. The summed E-state index contributed by atoms with van der Waals surface area (Å²) in [7, 11) is 0. The van der Waals surface area contributed by atoms with E-state index in [0.717, 1.165) is 12.8 Å². The van der Waals surface area contributed by atoms with Crippen molar-refractivity contribution < 1.29 is 19.5 Å². The molecule has 1 aliphatic heterocycles. The number of amides is 1. The molecule has 100 valence electrons. The van der Waals surface area contributed by atoms with Gasteiger partial charge in [0.25, 0.3) is 0 Å². The lowest BCUT2D eigenvalue weighted by molar-refractivity contribution is -0.149. The van der Waals surface area contributed by atoms with E-state index in [1.807, 2.05) is 0 Å². The molecule has 1 heterocycles. The fourth-order valence-electron chi connectivity index (χ4n) is 2.43. The summed E-state index contributed by atoms with van der Waals surface area (Å²) in [5.74, 6) is -0.138. The van der Waals surface area contributed by atoms with E-state index in [4.69, 9.17) is 0 Å². The van der Waals surface area contributed by atoms with Crippen molar-refractivity contribution in [1.29, 1.82) is 0 Å². The van der Waals surface area contributed by atoms with Crippen molar-refractivity contribution in [3.8, 4) is 0 Å². The van der Waals surface area contributed by atoms with Crippen molar-refractivity contribution in [3.05, 3.63) is 0 Å². The van der Waals surface area contributed by atoms with Gasteiger partial charge < -0.3 is 10.0 Å². The van der Waals surface area contributed by atoms with Crippen LogP contribution in [0.25, 0.3) is 0 Å². The second kappa shape index (κ2) is 5.30. The molecular formula is C12H17NO4S. The second-order valence-corrected chi connectivity index (χ2v) is 6.24. The zero-order valence-corrected chi connectivity index (χ0v) is 11.1. The van der Waals surface area contributed by atoms with E-state index in [1.54, 1.807) is 0 Å². The van der Waals surface area contributed by atoms with Gasteiger partial charge in [-0.2, -0.15) is 0 Å². The molecule has 18 heavy (non-hydrogen) atoms. The van der Waals surface area contributed by atoms with Gasteiger partial charge in [-0.05, 0) is 24.7 Å². The van der Waals surface area contributed by atoms with Crippen LogP contribution in [-0.4, -0.2) is 45.3 Å². The topological polar surface area (TPSA) is 74.7 Å². The molecule has 2 unspecified atom stereocenters. The van der Waals surface area contributed by atoms with Crippen LogP contribution >= 0.6 is 11.8 Å². The lowest BCUT2D eigenvalue weighted by atomic mass is 10.1. The summed E-state index contributed by atoms with van der Waals surface area (Å²) in [6.07, 6.45) is 2.16. The number of likely N-dealkylation sites (tertiary alicyclic amines) is 1. The maximum Gasteiger partial charge on any atom is 0.326 e. The Kier molecular flexibility index (Phi) is 3.94. The Labute approximate surface area is 110 Å². The monoisotopic (exact) mass is 271 g/mol. The molecule has 2 rings (SSSR count). The van der Waals surface area contributed by atoms with Crippen LogP contribution in [0.15, 0.2) is 0 Å². The molecule has 1 saturated heterocycles. The van der Waals surface area contributed by atoms with Crippen LogP contribution in [0.4, 0.5) is 0 Å². The summed E-state index contributed by atoms with van der Waals surface area (Å²) in [6, 6.07) is -0.648. The number of nitrogens with zero attached hydrogens (tertiary/aromatic N) is 1. The van der Waals surface area contributed by atoms with Crippen LogP contribution in [0.3, 0.4) is 0 Å². The van der Waals surface area contributed by atoms with Crippen molar-refractivity contribution in [3.63, 3.8) is 0 Å². The standard InChI is InChI=1S/C12H17NO4S/c1-7(14)18-6-8-4-10(15)13(5-8)11(12(16)17)9-2-3-9/h8-9,11H,2-6H2,1H3,(H,16,17). The molecule has 0 aromatic carbocycles. The van der Waals surface area contributed by atoms with E-state index in [2.05, 4.69) is 0 Å². The molecule has 1 N–H and O–H groups in total. The minimum atomic E-state index is -0.897. The Morgan fingerprint density at radius 1 is 1.50 bits per heavy atom. The Morgan fingerprint density at radius 2 is 2.17 bits per heavy atom. The smallest absolute Gasteiger partial charge is 0.326 e. The molecule has 2 fully saturated rings. The van der Waals surface area contributed by atoms with Crippen molar-refractivity contribution in [2.24, 2.45) is 11.8 Å². The largest absolute Gasteiger partial charge is 0.480 e. The normalized spacial score (nSPS) is 25.3. The molecule has 0 aromatic rings. The first kappa shape index (κ1) is 13.4. The van der Waals surface area contributed by atoms with Crippen molar-refractivity contribution >= 4 is 28.8 Å². The molecule has 2 aliphatic rings. The van der Waals surface area contributed by atoms with Crippen LogP contribution in [0.5, 0.6) is 0 Å². The molecule has 0 radical (unpaired) electrons. The Balaban J connectivity index is 1.95. The van der Waals surface area contributed by atoms with E-state index in [0.29, 0.717) is 18.7 Å². The third kappa shape index (κ3) is 3.04. The summed E-state index contributed by atoms with van der Waals surface area (Å²) in [5, 5.41) is 9.25. The van der Waals surface area contributed by atoms with Crippen LogP contribution < -0.4 is 0 Å². The van der Waals surface area contributed by atoms with Crippen LogP contribution in [0, 0.1) is 11.8 Å². The summed E-state index contributed by atoms with van der Waals surface area (Å²) >= 11 is 1.21. The zero-order valence-electron chi connectivity index (χ0n) is 10.3. The van der Waals surface area contributed by atoms with Crippen molar-refractivity contribution in [2.45, 2.75) is 32.2 Å². The maximum atomic E-state index is 11.9. The summed E-state index contributed by atoms with van der Waals surface area (Å²) in [5.41, 5.74) is 0. The molecule has 0 aromatic heterocycles. The third-order valence-electron chi connectivity index (χ3n) is 3.42. The Hall–Kier alpha value is -1.04. The predicted molar refractivity (Wildman–Crippen MR) is 67.1 cm³/mol. The summed E-state index contributed by atoms with van der Waals surface area (Å²) < 4.78 is 0. The average Bonchev–Trinajstić information content (AvgIpc) is 3.02. The number of hydrogen-bond donors (Lipinski definition) is 1. The van der Waals surface area contributed by atoms with E-state index < -0.39 is 12.0 Å². The van der Waals surface area contributed by atoms with Crippen molar-refractivity contribution in [1.82, 2.24) is 4.90 Å². The molecule has 2 atom stereocenters. The number of thioether (sulfide) groups is 1.